The number of nitrogens with zero attached hydrogens (tertiary/aromatic N) is 2. The lowest BCUT2D eigenvalue weighted by Crippen LogP contribution is -2.21. The van der Waals surface area contributed by atoms with Crippen LogP contribution in [0.5, 0.6) is 0 Å². The van der Waals surface area contributed by atoms with Crippen molar-refractivity contribution in [3.8, 4) is 0 Å². The van der Waals surface area contributed by atoms with Gasteiger partial charge in [-0.05, 0) is 23.8 Å². The molecule has 0 atom stereocenters. The van der Waals surface area contributed by atoms with E-state index >= 15 is 0 Å². The summed E-state index contributed by atoms with van der Waals surface area (Å²) in [4.78, 5) is 22.2. The Morgan fingerprint density at radius 1 is 1.39 bits per heavy atom. The molecular weight excluding hydrogens is 239 g/mol. The summed E-state index contributed by atoms with van der Waals surface area (Å²) in [5, 5.41) is 12.6. The van der Waals surface area contributed by atoms with Gasteiger partial charge in [0.15, 0.2) is 0 Å². The highest BCUT2D eigenvalue weighted by atomic mass is 19.1. The van der Waals surface area contributed by atoms with E-state index in [1.807, 2.05) is 0 Å². The molecule has 6 heteroatoms. The molecular formula is C12H9FN2O3. The van der Waals surface area contributed by atoms with E-state index in [1.165, 1.54) is 35.1 Å². The monoisotopic (exact) mass is 248 g/mol. The highest BCUT2D eigenvalue weighted by Gasteiger charge is 2.11. The fourth-order valence-electron chi connectivity index (χ4n) is 1.51. The van der Waals surface area contributed by atoms with Gasteiger partial charge in [-0.1, -0.05) is 6.07 Å². The van der Waals surface area contributed by atoms with Crippen LogP contribution in [0, 0.1) is 5.82 Å². The second kappa shape index (κ2) is 4.79. The second-order valence-electron chi connectivity index (χ2n) is 3.64. The van der Waals surface area contributed by atoms with Gasteiger partial charge in [-0.15, -0.1) is 0 Å². The van der Waals surface area contributed by atoms with Gasteiger partial charge in [0, 0.05) is 12.3 Å². The van der Waals surface area contributed by atoms with E-state index in [1.54, 1.807) is 0 Å². The Kier molecular flexibility index (Phi) is 3.18. The number of hydrogen-bond acceptors (Lipinski definition) is 3. The third-order valence-electron chi connectivity index (χ3n) is 2.38. The normalized spacial score (nSPS) is 10.3. The first kappa shape index (κ1) is 12.0. The van der Waals surface area contributed by atoms with Crippen LogP contribution in [0.2, 0.25) is 0 Å². The molecule has 0 aliphatic carbocycles. The van der Waals surface area contributed by atoms with Gasteiger partial charge in [-0.3, -0.25) is 4.79 Å². The number of hydrogen-bond donors (Lipinski definition) is 1. The number of benzene rings is 1. The van der Waals surface area contributed by atoms with Crippen LogP contribution < -0.4 is 5.56 Å². The molecule has 18 heavy (non-hydrogen) atoms. The quantitative estimate of drug-likeness (QED) is 0.883. The predicted molar refractivity (Wildman–Crippen MR) is 61.0 cm³/mol. The number of rotatable bonds is 3. The maximum absolute atomic E-state index is 13.2. The van der Waals surface area contributed by atoms with Gasteiger partial charge in [0.25, 0.3) is 5.56 Å². The highest BCUT2D eigenvalue weighted by Crippen LogP contribution is 2.11. The van der Waals surface area contributed by atoms with Crippen molar-refractivity contribution in [2.24, 2.45) is 0 Å². The summed E-state index contributed by atoms with van der Waals surface area (Å²) in [5.74, 6) is -2.15. The van der Waals surface area contributed by atoms with E-state index in [4.69, 9.17) is 5.11 Å². The maximum Gasteiger partial charge on any atom is 0.338 e. The van der Waals surface area contributed by atoms with Gasteiger partial charge in [0.2, 0.25) is 0 Å². The van der Waals surface area contributed by atoms with E-state index in [2.05, 4.69) is 5.10 Å². The van der Waals surface area contributed by atoms with Crippen molar-refractivity contribution in [3.05, 3.63) is 63.8 Å². The van der Waals surface area contributed by atoms with Crippen molar-refractivity contribution in [2.45, 2.75) is 6.54 Å². The molecule has 0 saturated heterocycles. The van der Waals surface area contributed by atoms with Gasteiger partial charge in [0.05, 0.1) is 12.1 Å². The molecule has 0 bridgehead atoms. The summed E-state index contributed by atoms with van der Waals surface area (Å²) in [7, 11) is 0. The molecule has 0 amide bonds. The van der Waals surface area contributed by atoms with Gasteiger partial charge in [-0.2, -0.15) is 5.10 Å². The largest absolute Gasteiger partial charge is 0.478 e. The van der Waals surface area contributed by atoms with E-state index in [9.17, 15) is 14.0 Å². The minimum atomic E-state index is -1.34. The minimum Gasteiger partial charge on any atom is -0.478 e. The second-order valence-corrected chi connectivity index (χ2v) is 3.64. The molecule has 2 rings (SSSR count). The molecule has 0 radical (unpaired) electrons. The predicted octanol–water partition coefficient (Wildman–Crippen LogP) is 1.13. The first-order valence-electron chi connectivity index (χ1n) is 5.12. The van der Waals surface area contributed by atoms with Crippen LogP contribution in [0.25, 0.3) is 0 Å². The SMILES string of the molecule is O=C(O)c1cc(Cn2ncccc2=O)ccc1F. The number of aromatic nitrogens is 2. The molecule has 1 heterocycles. The Bertz CT molecular complexity index is 652. The zero-order chi connectivity index (χ0) is 13.1. The van der Waals surface area contributed by atoms with Crippen LogP contribution in [0.1, 0.15) is 15.9 Å². The van der Waals surface area contributed by atoms with Crippen LogP contribution in [0.4, 0.5) is 4.39 Å². The van der Waals surface area contributed by atoms with Gasteiger partial charge in [0.1, 0.15) is 5.82 Å². The van der Waals surface area contributed by atoms with Gasteiger partial charge < -0.3 is 5.11 Å². The summed E-state index contributed by atoms with van der Waals surface area (Å²) >= 11 is 0. The molecule has 0 unspecified atom stereocenters. The molecule has 1 aromatic heterocycles. The fraction of sp³-hybridized carbons (Fsp3) is 0.0833. The minimum absolute atomic E-state index is 0.0975. The standard InChI is InChI=1S/C12H9FN2O3/c13-10-4-3-8(6-9(10)12(17)18)7-15-11(16)2-1-5-14-15/h1-6H,7H2,(H,17,18). The molecule has 0 spiro atoms. The van der Waals surface area contributed by atoms with Crippen LogP contribution in [-0.2, 0) is 6.54 Å². The Morgan fingerprint density at radius 2 is 2.17 bits per heavy atom. The summed E-state index contributed by atoms with van der Waals surface area (Å²) in [6.45, 7) is 0.0975. The van der Waals surface area contributed by atoms with Crippen molar-refractivity contribution in [2.75, 3.05) is 0 Å². The van der Waals surface area contributed by atoms with E-state index in [-0.39, 0.29) is 12.1 Å². The number of aromatic carboxylic acids is 1. The molecule has 2 aromatic rings. The smallest absolute Gasteiger partial charge is 0.338 e. The molecule has 0 saturated carbocycles. The molecule has 0 fully saturated rings. The van der Waals surface area contributed by atoms with Crippen LogP contribution in [0.3, 0.4) is 0 Å². The molecule has 92 valence electrons. The van der Waals surface area contributed by atoms with Crippen LogP contribution in [-0.4, -0.2) is 20.9 Å². The van der Waals surface area contributed by atoms with E-state index < -0.39 is 17.3 Å². The number of carboxylic acid groups (broad SMARTS) is 1. The molecule has 1 aromatic carbocycles. The van der Waals surface area contributed by atoms with Crippen molar-refractivity contribution in [1.29, 1.82) is 0 Å². The summed E-state index contributed by atoms with van der Waals surface area (Å²) in [6.07, 6.45) is 1.45. The van der Waals surface area contributed by atoms with Crippen molar-refractivity contribution >= 4 is 5.97 Å². The number of carboxylic acids is 1. The third kappa shape index (κ3) is 2.42. The molecule has 5 nitrogen and oxygen atoms in total. The number of carbonyl (C=O) groups is 1. The lowest BCUT2D eigenvalue weighted by Gasteiger charge is -2.05. The summed E-state index contributed by atoms with van der Waals surface area (Å²) in [5.41, 5.74) is -0.232. The van der Waals surface area contributed by atoms with Crippen LogP contribution in [0.15, 0.2) is 41.3 Å². The first-order chi connectivity index (χ1) is 8.58. The zero-order valence-corrected chi connectivity index (χ0v) is 9.21. The third-order valence-corrected chi connectivity index (χ3v) is 2.38. The molecule has 0 aliphatic rings. The molecule has 0 aliphatic heterocycles. The lowest BCUT2D eigenvalue weighted by atomic mass is 10.1. The van der Waals surface area contributed by atoms with E-state index in [0.29, 0.717) is 5.56 Å². The first-order valence-corrected chi connectivity index (χ1v) is 5.12. The Balaban J connectivity index is 2.36. The Labute approximate surface area is 101 Å². The van der Waals surface area contributed by atoms with Crippen molar-refractivity contribution in [1.82, 2.24) is 9.78 Å². The summed E-state index contributed by atoms with van der Waals surface area (Å²) < 4.78 is 14.3. The lowest BCUT2D eigenvalue weighted by molar-refractivity contribution is 0.0691. The average Bonchev–Trinajstić information content (AvgIpc) is 2.34. The Hall–Kier alpha value is -2.50. The fourth-order valence-corrected chi connectivity index (χ4v) is 1.51. The van der Waals surface area contributed by atoms with Gasteiger partial charge >= 0.3 is 5.97 Å². The molecule has 1 N–H and O–H groups in total. The van der Waals surface area contributed by atoms with Crippen molar-refractivity contribution in [3.63, 3.8) is 0 Å². The maximum atomic E-state index is 13.2. The van der Waals surface area contributed by atoms with Gasteiger partial charge in [-0.25, -0.2) is 13.9 Å². The highest BCUT2D eigenvalue weighted by molar-refractivity contribution is 5.88. The van der Waals surface area contributed by atoms with Crippen molar-refractivity contribution < 1.29 is 14.3 Å². The number of halogens is 1. The zero-order valence-electron chi connectivity index (χ0n) is 9.21. The topological polar surface area (TPSA) is 72.2 Å². The Morgan fingerprint density at radius 3 is 2.83 bits per heavy atom. The van der Waals surface area contributed by atoms with E-state index in [0.717, 1.165) is 6.07 Å². The average molecular weight is 248 g/mol. The van der Waals surface area contributed by atoms with Crippen LogP contribution >= 0.6 is 0 Å². The summed E-state index contributed by atoms with van der Waals surface area (Å²) in [6, 6.07) is 6.52.